The van der Waals surface area contributed by atoms with E-state index in [0.717, 1.165) is 0 Å². The molecule has 0 aromatic heterocycles. The third-order valence-corrected chi connectivity index (χ3v) is 5.62. The first-order valence-corrected chi connectivity index (χ1v) is 8.60. The summed E-state index contributed by atoms with van der Waals surface area (Å²) in [7, 11) is 1.41. The number of para-hydroxylation sites is 1. The smallest absolute Gasteiger partial charge is 0.313 e. The first kappa shape index (κ1) is 18.4. The normalized spacial score (nSPS) is 29.4. The Kier molecular flexibility index (Phi) is 3.97. The number of likely N-dealkylation sites (N-methyl/N-ethyl adjacent to an activating group) is 1. The average molecular weight is 391 g/mol. The summed E-state index contributed by atoms with van der Waals surface area (Å²) in [4.78, 5) is 25.7. The number of hydrogen-bond donors (Lipinski definition) is 1. The molecule has 0 aliphatic carbocycles. The second-order valence-corrected chi connectivity index (χ2v) is 7.02. The summed E-state index contributed by atoms with van der Waals surface area (Å²) in [6.45, 7) is 0. The monoisotopic (exact) mass is 391 g/mol. The topological polar surface area (TPSA) is 75.5 Å². The van der Waals surface area contributed by atoms with Crippen LogP contribution in [0.4, 0.5) is 18.9 Å². The van der Waals surface area contributed by atoms with Crippen molar-refractivity contribution < 1.29 is 22.9 Å². The lowest BCUT2D eigenvalue weighted by Gasteiger charge is -2.26. The Hall–Kier alpha value is -2.94. The molecule has 2 aliphatic heterocycles. The Labute approximate surface area is 158 Å². The number of nitrogens with one attached hydrogen (secondary N) is 1. The fraction of sp³-hybridized carbons (Fsp3) is 0.316. The van der Waals surface area contributed by atoms with E-state index in [9.17, 15) is 28.1 Å². The van der Waals surface area contributed by atoms with Gasteiger partial charge in [-0.05, 0) is 11.6 Å². The Morgan fingerprint density at radius 1 is 1.11 bits per heavy atom. The van der Waals surface area contributed by atoms with Gasteiger partial charge in [0.1, 0.15) is 6.04 Å². The van der Waals surface area contributed by atoms with E-state index in [2.05, 4.69) is 5.32 Å². The molecule has 2 aromatic rings. The minimum Gasteiger partial charge on any atom is -0.313 e. The molecule has 0 bridgehead atoms. The van der Waals surface area contributed by atoms with E-state index in [-0.39, 0.29) is 11.1 Å². The number of rotatable bonds is 2. The average Bonchev–Trinajstić information content (AvgIpc) is 3.14. The Morgan fingerprint density at radius 2 is 1.71 bits per heavy atom. The summed E-state index contributed by atoms with van der Waals surface area (Å²) in [5.74, 6) is -2.32. The number of nitrogens with zero attached hydrogens (tertiary/aromatic N) is 2. The van der Waals surface area contributed by atoms with Gasteiger partial charge in [-0.15, -0.1) is 0 Å². The van der Waals surface area contributed by atoms with Gasteiger partial charge < -0.3 is 4.90 Å². The molecule has 9 heteroatoms. The molecule has 2 aromatic carbocycles. The Morgan fingerprint density at radius 3 is 2.32 bits per heavy atom. The van der Waals surface area contributed by atoms with Gasteiger partial charge >= 0.3 is 6.18 Å². The number of halogens is 3. The van der Waals surface area contributed by atoms with Gasteiger partial charge in [-0.2, -0.15) is 13.2 Å². The fourth-order valence-electron chi connectivity index (χ4n) is 4.51. The SMILES string of the molecule is CN1C(=O)C2(N[C@@H](C(F)(F)F)[C@H](c3ccccc3)[C@H]2[N+](=O)[O-])c2ccccc21. The number of carbonyl (C=O) groups excluding carboxylic acids is 1. The van der Waals surface area contributed by atoms with Crippen LogP contribution in [0.5, 0.6) is 0 Å². The number of amides is 1. The number of alkyl halides is 3. The van der Waals surface area contributed by atoms with E-state index >= 15 is 0 Å². The number of carbonyl (C=O) groups is 1. The molecule has 1 saturated heterocycles. The molecule has 0 saturated carbocycles. The molecular formula is C19H16F3N3O3. The maximum Gasteiger partial charge on any atom is 0.404 e. The molecule has 1 fully saturated rings. The van der Waals surface area contributed by atoms with Crippen LogP contribution in [-0.2, 0) is 10.3 Å². The van der Waals surface area contributed by atoms with Crippen LogP contribution in [-0.4, -0.2) is 36.1 Å². The Balaban J connectivity index is 1.99. The molecule has 2 aliphatic rings. The van der Waals surface area contributed by atoms with E-state index in [1.807, 2.05) is 0 Å². The molecule has 1 amide bonds. The molecule has 4 rings (SSSR count). The van der Waals surface area contributed by atoms with Crippen molar-refractivity contribution in [1.82, 2.24) is 5.32 Å². The summed E-state index contributed by atoms with van der Waals surface area (Å²) in [5, 5.41) is 14.5. The minimum absolute atomic E-state index is 0.163. The van der Waals surface area contributed by atoms with Gasteiger partial charge in [0.15, 0.2) is 5.54 Å². The zero-order chi connectivity index (χ0) is 20.3. The summed E-state index contributed by atoms with van der Waals surface area (Å²) in [6, 6.07) is 9.70. The van der Waals surface area contributed by atoms with Gasteiger partial charge in [-0.1, -0.05) is 48.5 Å². The third kappa shape index (κ3) is 2.35. The highest BCUT2D eigenvalue weighted by Gasteiger charge is 2.73. The lowest BCUT2D eigenvalue weighted by atomic mass is 9.78. The highest BCUT2D eigenvalue weighted by Crippen LogP contribution is 2.53. The predicted molar refractivity (Wildman–Crippen MR) is 94.5 cm³/mol. The lowest BCUT2D eigenvalue weighted by molar-refractivity contribution is -0.532. The van der Waals surface area contributed by atoms with Crippen LogP contribution in [0.2, 0.25) is 0 Å². The van der Waals surface area contributed by atoms with Crippen molar-refractivity contribution in [2.45, 2.75) is 29.7 Å². The zero-order valence-corrected chi connectivity index (χ0v) is 14.7. The van der Waals surface area contributed by atoms with Crippen molar-refractivity contribution in [2.24, 2.45) is 0 Å². The van der Waals surface area contributed by atoms with Gasteiger partial charge in [0.2, 0.25) is 0 Å². The van der Waals surface area contributed by atoms with E-state index in [1.165, 1.54) is 42.3 Å². The maximum absolute atomic E-state index is 14.0. The summed E-state index contributed by atoms with van der Waals surface area (Å²) < 4.78 is 41.9. The number of nitro groups is 1. The maximum atomic E-state index is 14.0. The van der Waals surface area contributed by atoms with Crippen molar-refractivity contribution in [2.75, 3.05) is 11.9 Å². The minimum atomic E-state index is -4.78. The molecule has 146 valence electrons. The van der Waals surface area contributed by atoms with Crippen molar-refractivity contribution in [3.63, 3.8) is 0 Å². The van der Waals surface area contributed by atoms with Gasteiger partial charge in [0, 0.05) is 23.2 Å². The standard InChI is InChI=1S/C19H16F3N3O3/c1-24-13-10-6-5-9-12(13)18(17(24)26)16(25(27)28)14(11-7-3-2-4-8-11)15(23-18)19(20,21)22/h2-10,14-16,23H,1H3/t14-,15+,16+,18?/m0/s1. The van der Waals surface area contributed by atoms with Crippen LogP contribution in [0.15, 0.2) is 54.6 Å². The summed E-state index contributed by atoms with van der Waals surface area (Å²) in [5.41, 5.74) is -1.37. The first-order chi connectivity index (χ1) is 13.2. The van der Waals surface area contributed by atoms with Crippen LogP contribution in [0.25, 0.3) is 0 Å². The molecule has 1 spiro atoms. The van der Waals surface area contributed by atoms with Crippen molar-refractivity contribution in [3.05, 3.63) is 75.8 Å². The molecule has 1 N–H and O–H groups in total. The summed E-state index contributed by atoms with van der Waals surface area (Å²) >= 11 is 0. The highest BCUT2D eigenvalue weighted by atomic mass is 19.4. The van der Waals surface area contributed by atoms with Crippen LogP contribution < -0.4 is 10.2 Å². The number of anilines is 1. The van der Waals surface area contributed by atoms with Crippen LogP contribution >= 0.6 is 0 Å². The molecule has 0 radical (unpaired) electrons. The molecular weight excluding hydrogens is 375 g/mol. The quantitative estimate of drug-likeness (QED) is 0.631. The zero-order valence-electron chi connectivity index (χ0n) is 14.7. The lowest BCUT2D eigenvalue weighted by Crippen LogP contribution is -2.56. The first-order valence-electron chi connectivity index (χ1n) is 8.60. The van der Waals surface area contributed by atoms with Gasteiger partial charge in [-0.25, -0.2) is 0 Å². The predicted octanol–water partition coefficient (Wildman–Crippen LogP) is 2.82. The Bertz CT molecular complexity index is 950. The molecule has 2 heterocycles. The molecule has 6 nitrogen and oxygen atoms in total. The van der Waals surface area contributed by atoms with E-state index in [4.69, 9.17) is 0 Å². The van der Waals surface area contributed by atoms with E-state index in [0.29, 0.717) is 5.69 Å². The highest BCUT2D eigenvalue weighted by molar-refractivity contribution is 6.08. The van der Waals surface area contributed by atoms with Gasteiger partial charge in [0.05, 0.1) is 5.92 Å². The van der Waals surface area contributed by atoms with Crippen molar-refractivity contribution in [1.29, 1.82) is 0 Å². The molecule has 28 heavy (non-hydrogen) atoms. The van der Waals surface area contributed by atoms with Crippen LogP contribution in [0.1, 0.15) is 17.0 Å². The second-order valence-electron chi connectivity index (χ2n) is 7.02. The number of fused-ring (bicyclic) bond motifs is 2. The third-order valence-electron chi connectivity index (χ3n) is 5.62. The number of benzene rings is 2. The molecule has 4 atom stereocenters. The van der Waals surface area contributed by atoms with E-state index < -0.39 is 40.5 Å². The van der Waals surface area contributed by atoms with E-state index in [1.54, 1.807) is 24.3 Å². The van der Waals surface area contributed by atoms with Crippen LogP contribution in [0.3, 0.4) is 0 Å². The molecule has 1 unspecified atom stereocenters. The van der Waals surface area contributed by atoms with Crippen LogP contribution in [0, 0.1) is 10.1 Å². The largest absolute Gasteiger partial charge is 0.404 e. The van der Waals surface area contributed by atoms with Crippen molar-refractivity contribution in [3.8, 4) is 0 Å². The fourth-order valence-corrected chi connectivity index (χ4v) is 4.51. The van der Waals surface area contributed by atoms with Gasteiger partial charge in [0.25, 0.3) is 11.9 Å². The second kappa shape index (κ2) is 6.03. The van der Waals surface area contributed by atoms with Gasteiger partial charge in [-0.3, -0.25) is 20.2 Å². The number of hydrogen-bond acceptors (Lipinski definition) is 4. The van der Waals surface area contributed by atoms with Crippen molar-refractivity contribution >= 4 is 11.6 Å². The summed E-state index contributed by atoms with van der Waals surface area (Å²) in [6.07, 6.45) is -4.78.